The summed E-state index contributed by atoms with van der Waals surface area (Å²) in [6, 6.07) is 16.6. The van der Waals surface area contributed by atoms with Gasteiger partial charge in [-0.2, -0.15) is 5.26 Å². The highest BCUT2D eigenvalue weighted by atomic mass is 19.1. The maximum Gasteiger partial charge on any atom is 0.191 e. The maximum atomic E-state index is 13.9. The summed E-state index contributed by atoms with van der Waals surface area (Å²) in [7, 11) is 0. The predicted molar refractivity (Wildman–Crippen MR) is 98.8 cm³/mol. The van der Waals surface area contributed by atoms with Crippen LogP contribution in [0.15, 0.2) is 53.5 Å². The van der Waals surface area contributed by atoms with E-state index in [0.29, 0.717) is 23.0 Å². The van der Waals surface area contributed by atoms with Crippen LogP contribution in [0.4, 0.5) is 4.39 Å². The molecule has 2 N–H and O–H groups in total. The molecule has 4 nitrogen and oxygen atoms in total. The van der Waals surface area contributed by atoms with Gasteiger partial charge in [0.05, 0.1) is 18.2 Å². The molecule has 0 heterocycles. The highest BCUT2D eigenvalue weighted by Crippen LogP contribution is 2.13. The van der Waals surface area contributed by atoms with Gasteiger partial charge in [-0.05, 0) is 30.5 Å². The van der Waals surface area contributed by atoms with Crippen LogP contribution < -0.4 is 10.6 Å². The van der Waals surface area contributed by atoms with E-state index in [2.05, 4.69) is 34.7 Å². The zero-order valence-corrected chi connectivity index (χ0v) is 14.6. The Balaban J connectivity index is 2.00. The molecule has 130 valence electrons. The molecule has 0 bridgehead atoms. The quantitative estimate of drug-likeness (QED) is 0.625. The standard InChI is InChI=1S/C20H23FN4/c1-3-23-20(24-13-15(2)17-7-5-4-6-8-17)25-14-18-10-9-16(12-22)11-19(18)21/h4-11,15H,3,13-14H2,1-2H3,(H2,23,24,25). The van der Waals surface area contributed by atoms with E-state index in [9.17, 15) is 4.39 Å². The van der Waals surface area contributed by atoms with Gasteiger partial charge < -0.3 is 10.6 Å². The van der Waals surface area contributed by atoms with Crippen molar-refractivity contribution >= 4 is 5.96 Å². The van der Waals surface area contributed by atoms with Crippen molar-refractivity contribution in [2.75, 3.05) is 13.1 Å². The van der Waals surface area contributed by atoms with Gasteiger partial charge in [-0.1, -0.05) is 43.3 Å². The van der Waals surface area contributed by atoms with E-state index in [-0.39, 0.29) is 6.54 Å². The van der Waals surface area contributed by atoms with Crippen LogP contribution in [0.25, 0.3) is 0 Å². The molecule has 0 aliphatic heterocycles. The van der Waals surface area contributed by atoms with Crippen molar-refractivity contribution in [3.05, 3.63) is 71.0 Å². The lowest BCUT2D eigenvalue weighted by Crippen LogP contribution is -2.39. The summed E-state index contributed by atoms with van der Waals surface area (Å²) in [6.07, 6.45) is 0. The molecule has 0 saturated carbocycles. The van der Waals surface area contributed by atoms with Crippen molar-refractivity contribution in [3.8, 4) is 6.07 Å². The molecule has 5 heteroatoms. The second kappa shape index (κ2) is 9.43. The van der Waals surface area contributed by atoms with Gasteiger partial charge in [0.1, 0.15) is 5.82 Å². The maximum absolute atomic E-state index is 13.9. The fourth-order valence-corrected chi connectivity index (χ4v) is 2.40. The molecule has 0 amide bonds. The average molecular weight is 338 g/mol. The van der Waals surface area contributed by atoms with Crippen LogP contribution in [0.1, 0.15) is 36.5 Å². The molecule has 0 fully saturated rings. The number of rotatable bonds is 6. The van der Waals surface area contributed by atoms with Crippen LogP contribution in [-0.4, -0.2) is 19.0 Å². The Hall–Kier alpha value is -2.87. The molecular weight excluding hydrogens is 315 g/mol. The van der Waals surface area contributed by atoms with Gasteiger partial charge in [-0.25, -0.2) is 9.38 Å². The number of hydrogen-bond acceptors (Lipinski definition) is 2. The molecule has 0 radical (unpaired) electrons. The van der Waals surface area contributed by atoms with E-state index >= 15 is 0 Å². The van der Waals surface area contributed by atoms with Crippen molar-refractivity contribution in [2.45, 2.75) is 26.3 Å². The largest absolute Gasteiger partial charge is 0.357 e. The Kier molecular flexibility index (Phi) is 6.97. The third-order valence-corrected chi connectivity index (χ3v) is 3.88. The van der Waals surface area contributed by atoms with Crippen molar-refractivity contribution in [1.29, 1.82) is 5.26 Å². The molecule has 1 unspecified atom stereocenters. The molecule has 2 aromatic carbocycles. The monoisotopic (exact) mass is 338 g/mol. The molecule has 2 rings (SSSR count). The molecule has 0 aliphatic rings. The molecule has 0 saturated heterocycles. The van der Waals surface area contributed by atoms with Crippen LogP contribution in [0.2, 0.25) is 0 Å². The SMILES string of the molecule is CCNC(=NCc1ccc(C#N)cc1F)NCC(C)c1ccccc1. The zero-order valence-electron chi connectivity index (χ0n) is 14.6. The number of nitrogens with one attached hydrogen (secondary N) is 2. The Morgan fingerprint density at radius 2 is 1.96 bits per heavy atom. The summed E-state index contributed by atoms with van der Waals surface area (Å²) in [5.74, 6) is 0.571. The summed E-state index contributed by atoms with van der Waals surface area (Å²) in [6.45, 7) is 5.80. The van der Waals surface area contributed by atoms with Crippen molar-refractivity contribution in [1.82, 2.24) is 10.6 Å². The number of nitrogens with zero attached hydrogens (tertiary/aromatic N) is 2. The average Bonchev–Trinajstić information content (AvgIpc) is 2.65. The molecule has 25 heavy (non-hydrogen) atoms. The summed E-state index contributed by atoms with van der Waals surface area (Å²) in [5, 5.41) is 15.3. The summed E-state index contributed by atoms with van der Waals surface area (Å²) < 4.78 is 13.9. The first-order valence-electron chi connectivity index (χ1n) is 8.39. The molecule has 0 aliphatic carbocycles. The molecule has 1 atom stereocenters. The van der Waals surface area contributed by atoms with Gasteiger partial charge >= 0.3 is 0 Å². The number of aliphatic imine (C=N–C) groups is 1. The number of hydrogen-bond donors (Lipinski definition) is 2. The minimum absolute atomic E-state index is 0.215. The Morgan fingerprint density at radius 3 is 2.60 bits per heavy atom. The number of guanidine groups is 1. The Bertz CT molecular complexity index is 750. The Labute approximate surface area is 148 Å². The lowest BCUT2D eigenvalue weighted by atomic mass is 10.0. The van der Waals surface area contributed by atoms with Gasteiger partial charge in [0.2, 0.25) is 0 Å². The summed E-state index contributed by atoms with van der Waals surface area (Å²) in [5.41, 5.74) is 2.03. The van der Waals surface area contributed by atoms with Crippen molar-refractivity contribution in [3.63, 3.8) is 0 Å². The highest BCUT2D eigenvalue weighted by molar-refractivity contribution is 5.79. The second-order valence-corrected chi connectivity index (χ2v) is 5.81. The Morgan fingerprint density at radius 1 is 1.20 bits per heavy atom. The highest BCUT2D eigenvalue weighted by Gasteiger charge is 2.07. The van der Waals surface area contributed by atoms with E-state index in [1.165, 1.54) is 11.6 Å². The first-order valence-corrected chi connectivity index (χ1v) is 8.39. The summed E-state index contributed by atoms with van der Waals surface area (Å²) in [4.78, 5) is 4.44. The van der Waals surface area contributed by atoms with Gasteiger partial charge in [0, 0.05) is 18.7 Å². The topological polar surface area (TPSA) is 60.2 Å². The van der Waals surface area contributed by atoms with Gasteiger partial charge in [0.25, 0.3) is 0 Å². The van der Waals surface area contributed by atoms with Crippen LogP contribution >= 0.6 is 0 Å². The minimum atomic E-state index is -0.406. The van der Waals surface area contributed by atoms with Crippen molar-refractivity contribution in [2.24, 2.45) is 4.99 Å². The first-order chi connectivity index (χ1) is 12.1. The van der Waals surface area contributed by atoms with E-state index in [0.717, 1.165) is 13.1 Å². The molecule has 0 spiro atoms. The number of nitriles is 1. The molecule has 2 aromatic rings. The normalized spacial score (nSPS) is 12.3. The summed E-state index contributed by atoms with van der Waals surface area (Å²) >= 11 is 0. The second-order valence-electron chi connectivity index (χ2n) is 5.81. The third kappa shape index (κ3) is 5.61. The van der Waals surface area contributed by atoms with E-state index in [1.807, 2.05) is 31.2 Å². The fourth-order valence-electron chi connectivity index (χ4n) is 2.40. The van der Waals surface area contributed by atoms with Crippen LogP contribution in [-0.2, 0) is 6.54 Å². The van der Waals surface area contributed by atoms with E-state index < -0.39 is 5.82 Å². The smallest absolute Gasteiger partial charge is 0.191 e. The van der Waals surface area contributed by atoms with Crippen molar-refractivity contribution < 1.29 is 4.39 Å². The predicted octanol–water partition coefficient (Wildman–Crippen LogP) is 3.56. The number of benzene rings is 2. The minimum Gasteiger partial charge on any atom is -0.357 e. The van der Waals surface area contributed by atoms with Crippen LogP contribution in [0.3, 0.4) is 0 Å². The van der Waals surface area contributed by atoms with Gasteiger partial charge in [-0.3, -0.25) is 0 Å². The van der Waals surface area contributed by atoms with Crippen LogP contribution in [0.5, 0.6) is 0 Å². The van der Waals surface area contributed by atoms with E-state index in [1.54, 1.807) is 12.1 Å². The van der Waals surface area contributed by atoms with Gasteiger partial charge in [0.15, 0.2) is 5.96 Å². The molecular formula is C20H23FN4. The van der Waals surface area contributed by atoms with E-state index in [4.69, 9.17) is 5.26 Å². The fraction of sp³-hybridized carbons (Fsp3) is 0.300. The lowest BCUT2D eigenvalue weighted by molar-refractivity contribution is 0.609. The first kappa shape index (κ1) is 18.5. The third-order valence-electron chi connectivity index (χ3n) is 3.88. The lowest BCUT2D eigenvalue weighted by Gasteiger charge is -2.16. The number of halogens is 1. The van der Waals surface area contributed by atoms with Crippen LogP contribution in [0, 0.1) is 17.1 Å². The zero-order chi connectivity index (χ0) is 18.1. The molecule has 0 aromatic heterocycles. The van der Waals surface area contributed by atoms with Gasteiger partial charge in [-0.15, -0.1) is 0 Å².